The van der Waals surface area contributed by atoms with Gasteiger partial charge in [0.25, 0.3) is 11.6 Å². The molecule has 0 bridgehead atoms. The smallest absolute Gasteiger partial charge is 0.324 e. The summed E-state index contributed by atoms with van der Waals surface area (Å²) in [6.07, 6.45) is 0. The molecule has 1 atom stereocenters. The molecule has 0 aliphatic carbocycles. The molecule has 166 valence electrons. The molecule has 1 amide bonds. The van der Waals surface area contributed by atoms with Gasteiger partial charge in [-0.1, -0.05) is 23.2 Å². The van der Waals surface area contributed by atoms with Crippen LogP contribution in [0.15, 0.2) is 41.3 Å². The van der Waals surface area contributed by atoms with Crippen LogP contribution in [0.5, 0.6) is 0 Å². The molecule has 31 heavy (non-hydrogen) atoms. The number of benzene rings is 2. The number of sulfonamides is 1. The van der Waals surface area contributed by atoms with Gasteiger partial charge in [-0.15, -0.1) is 0 Å². The third-order valence-corrected chi connectivity index (χ3v) is 5.94. The van der Waals surface area contributed by atoms with Crippen LogP contribution in [-0.2, 0) is 24.3 Å². The Morgan fingerprint density at radius 1 is 1.19 bits per heavy atom. The number of carbonyl (C=O) groups excluding carboxylic acids is 2. The van der Waals surface area contributed by atoms with Crippen LogP contribution in [0.2, 0.25) is 10.0 Å². The monoisotopic (exact) mass is 493 g/mol. The van der Waals surface area contributed by atoms with Crippen molar-refractivity contribution in [2.75, 3.05) is 11.9 Å². The molecule has 14 heteroatoms. The van der Waals surface area contributed by atoms with Crippen molar-refractivity contribution < 1.29 is 32.1 Å². The Balaban J connectivity index is 1.97. The van der Waals surface area contributed by atoms with E-state index in [2.05, 4.69) is 10.0 Å². The molecule has 0 aliphatic rings. The molecule has 0 spiro atoms. The number of hydrogen-bond donors (Lipinski definition) is 2. The van der Waals surface area contributed by atoms with E-state index in [1.54, 1.807) is 0 Å². The Hall–Kier alpha value is -2.80. The molecular formula is C17H14Cl2FN3O7S. The van der Waals surface area contributed by atoms with Gasteiger partial charge in [0.05, 0.1) is 25.9 Å². The highest BCUT2D eigenvalue weighted by molar-refractivity contribution is 7.89. The van der Waals surface area contributed by atoms with Crippen LogP contribution in [0.3, 0.4) is 0 Å². The predicted molar refractivity (Wildman–Crippen MR) is 109 cm³/mol. The fourth-order valence-electron chi connectivity index (χ4n) is 2.20. The van der Waals surface area contributed by atoms with E-state index >= 15 is 0 Å². The molecule has 0 saturated heterocycles. The lowest BCUT2D eigenvalue weighted by Gasteiger charge is -2.14. The van der Waals surface area contributed by atoms with Crippen LogP contribution in [0.1, 0.15) is 6.92 Å². The molecule has 2 aromatic carbocycles. The molecule has 0 radical (unpaired) electrons. The summed E-state index contributed by atoms with van der Waals surface area (Å²) >= 11 is 11.5. The van der Waals surface area contributed by atoms with E-state index in [4.69, 9.17) is 27.9 Å². The number of nitro benzene ring substituents is 1. The molecule has 2 rings (SSSR count). The number of carbonyl (C=O) groups is 2. The largest absolute Gasteiger partial charge is 0.454 e. The topological polar surface area (TPSA) is 145 Å². The second-order valence-corrected chi connectivity index (χ2v) is 8.52. The maximum absolute atomic E-state index is 13.1. The van der Waals surface area contributed by atoms with Crippen molar-refractivity contribution in [2.45, 2.75) is 17.9 Å². The van der Waals surface area contributed by atoms with E-state index in [1.807, 2.05) is 0 Å². The van der Waals surface area contributed by atoms with Gasteiger partial charge in [-0.2, -0.15) is 4.72 Å². The molecular weight excluding hydrogens is 480 g/mol. The minimum atomic E-state index is -4.16. The van der Waals surface area contributed by atoms with Crippen molar-refractivity contribution in [3.8, 4) is 0 Å². The maximum Gasteiger partial charge on any atom is 0.324 e. The van der Waals surface area contributed by atoms with E-state index in [9.17, 15) is 32.5 Å². The number of hydrogen-bond acceptors (Lipinski definition) is 7. The predicted octanol–water partition coefficient (Wildman–Crippen LogP) is 2.89. The zero-order valence-electron chi connectivity index (χ0n) is 15.6. The van der Waals surface area contributed by atoms with Crippen molar-refractivity contribution in [3.63, 3.8) is 0 Å². The molecule has 0 saturated carbocycles. The minimum Gasteiger partial charge on any atom is -0.454 e. The van der Waals surface area contributed by atoms with Crippen LogP contribution in [-0.4, -0.2) is 37.9 Å². The van der Waals surface area contributed by atoms with Gasteiger partial charge in [-0.3, -0.25) is 19.7 Å². The first-order valence-electron chi connectivity index (χ1n) is 8.28. The van der Waals surface area contributed by atoms with Crippen LogP contribution >= 0.6 is 23.2 Å². The third-order valence-electron chi connectivity index (χ3n) is 3.66. The summed E-state index contributed by atoms with van der Waals surface area (Å²) in [5.74, 6) is -2.92. The summed E-state index contributed by atoms with van der Waals surface area (Å²) in [6.45, 7) is 0.312. The number of rotatable bonds is 8. The zero-order valence-corrected chi connectivity index (χ0v) is 17.9. The van der Waals surface area contributed by atoms with Gasteiger partial charge < -0.3 is 10.1 Å². The van der Waals surface area contributed by atoms with Crippen molar-refractivity contribution in [3.05, 3.63) is 62.4 Å². The number of nitrogens with zero attached hydrogens (tertiary/aromatic N) is 1. The Bertz CT molecular complexity index is 1140. The van der Waals surface area contributed by atoms with Crippen LogP contribution < -0.4 is 10.0 Å². The molecule has 10 nitrogen and oxygen atoms in total. The van der Waals surface area contributed by atoms with E-state index in [-0.39, 0.29) is 20.6 Å². The average Bonchev–Trinajstić information content (AvgIpc) is 2.68. The first kappa shape index (κ1) is 24.5. The van der Waals surface area contributed by atoms with Crippen LogP contribution in [0.25, 0.3) is 0 Å². The molecule has 0 aromatic heterocycles. The second kappa shape index (κ2) is 10.0. The number of nitrogens with one attached hydrogen (secondary N) is 2. The average molecular weight is 494 g/mol. The molecule has 2 aromatic rings. The number of anilines is 1. The van der Waals surface area contributed by atoms with Gasteiger partial charge in [0.2, 0.25) is 10.0 Å². The molecule has 0 heterocycles. The number of esters is 1. The van der Waals surface area contributed by atoms with E-state index in [0.29, 0.717) is 6.07 Å². The van der Waals surface area contributed by atoms with Crippen LogP contribution in [0, 0.1) is 15.9 Å². The minimum absolute atomic E-state index is 0.00803. The zero-order chi connectivity index (χ0) is 23.3. The number of ether oxygens (including phenoxy) is 1. The summed E-state index contributed by atoms with van der Waals surface area (Å²) in [5.41, 5.74) is -0.997. The standard InChI is InChI=1S/C17H14Cl2FN3O7S/c1-9(22-31(28,29)11-3-4-12(18)13(19)7-11)17(25)30-8-16(24)21-14-5-2-10(20)6-15(14)23(26)27/h2-7,9,22H,8H2,1H3,(H,21,24). The Morgan fingerprint density at radius 2 is 1.87 bits per heavy atom. The van der Waals surface area contributed by atoms with Crippen molar-refractivity contribution >= 4 is 56.5 Å². The fraction of sp³-hybridized carbons (Fsp3) is 0.176. The SMILES string of the molecule is CC(NS(=O)(=O)c1ccc(Cl)c(Cl)c1)C(=O)OCC(=O)Nc1ccc(F)cc1[N+](=O)[O-]. The summed E-state index contributed by atoms with van der Waals surface area (Å²) in [6, 6.07) is 4.63. The lowest BCUT2D eigenvalue weighted by Crippen LogP contribution is -2.40. The fourth-order valence-corrected chi connectivity index (χ4v) is 3.78. The summed E-state index contributed by atoms with van der Waals surface area (Å²) < 4.78 is 44.6. The van der Waals surface area contributed by atoms with E-state index in [0.717, 1.165) is 18.2 Å². The van der Waals surface area contributed by atoms with Crippen molar-refractivity contribution in [1.29, 1.82) is 0 Å². The molecule has 0 fully saturated rings. The quantitative estimate of drug-likeness (QED) is 0.326. The van der Waals surface area contributed by atoms with Crippen molar-refractivity contribution in [2.24, 2.45) is 0 Å². The summed E-state index contributed by atoms with van der Waals surface area (Å²) in [5, 5.41) is 13.2. The maximum atomic E-state index is 13.1. The highest BCUT2D eigenvalue weighted by Gasteiger charge is 2.25. The van der Waals surface area contributed by atoms with Gasteiger partial charge in [-0.25, -0.2) is 12.8 Å². The summed E-state index contributed by atoms with van der Waals surface area (Å²) in [7, 11) is -4.16. The van der Waals surface area contributed by atoms with E-state index < -0.39 is 51.0 Å². The van der Waals surface area contributed by atoms with Gasteiger partial charge in [0.1, 0.15) is 17.5 Å². The highest BCUT2D eigenvalue weighted by atomic mass is 35.5. The Morgan fingerprint density at radius 3 is 2.48 bits per heavy atom. The Kier molecular flexibility index (Phi) is 7.90. The van der Waals surface area contributed by atoms with Crippen LogP contribution in [0.4, 0.5) is 15.8 Å². The lowest BCUT2D eigenvalue weighted by molar-refractivity contribution is -0.384. The van der Waals surface area contributed by atoms with Gasteiger partial charge in [0, 0.05) is 0 Å². The Labute approximate surface area is 185 Å². The second-order valence-electron chi connectivity index (χ2n) is 5.99. The number of nitro groups is 1. The lowest BCUT2D eigenvalue weighted by atomic mass is 10.2. The first-order valence-corrected chi connectivity index (χ1v) is 10.5. The third kappa shape index (κ3) is 6.59. The van der Waals surface area contributed by atoms with Gasteiger partial charge in [-0.05, 0) is 37.3 Å². The normalized spacial score (nSPS) is 12.1. The molecule has 2 N–H and O–H groups in total. The van der Waals surface area contributed by atoms with Gasteiger partial charge in [0.15, 0.2) is 6.61 Å². The molecule has 1 unspecified atom stereocenters. The summed E-state index contributed by atoms with van der Waals surface area (Å²) in [4.78, 5) is 33.7. The first-order chi connectivity index (χ1) is 14.4. The highest BCUT2D eigenvalue weighted by Crippen LogP contribution is 2.26. The van der Waals surface area contributed by atoms with Crippen molar-refractivity contribution in [1.82, 2.24) is 4.72 Å². The number of halogens is 3. The number of amides is 1. The molecule has 0 aliphatic heterocycles. The van der Waals surface area contributed by atoms with Gasteiger partial charge >= 0.3 is 5.97 Å². The van der Waals surface area contributed by atoms with E-state index in [1.165, 1.54) is 19.1 Å².